The van der Waals surface area contributed by atoms with E-state index in [1.165, 1.54) is 0 Å². The van der Waals surface area contributed by atoms with Crippen molar-refractivity contribution in [3.63, 3.8) is 0 Å². The predicted molar refractivity (Wildman–Crippen MR) is 99.7 cm³/mol. The summed E-state index contributed by atoms with van der Waals surface area (Å²) in [4.78, 5) is 14.9. The van der Waals surface area contributed by atoms with Crippen molar-refractivity contribution in [2.75, 3.05) is 29.9 Å². The van der Waals surface area contributed by atoms with Crippen molar-refractivity contribution in [3.05, 3.63) is 35.7 Å². The van der Waals surface area contributed by atoms with E-state index in [4.69, 9.17) is 5.73 Å². The number of nitrogens with one attached hydrogen (secondary N) is 1. The van der Waals surface area contributed by atoms with Crippen LogP contribution in [0.3, 0.4) is 0 Å². The molecule has 2 aliphatic heterocycles. The van der Waals surface area contributed by atoms with Crippen molar-refractivity contribution in [3.8, 4) is 0 Å². The van der Waals surface area contributed by atoms with E-state index in [-0.39, 0.29) is 17.1 Å². The fourth-order valence-corrected chi connectivity index (χ4v) is 6.00. The van der Waals surface area contributed by atoms with E-state index in [2.05, 4.69) is 25.2 Å². The summed E-state index contributed by atoms with van der Waals surface area (Å²) in [6, 6.07) is 7.88. The number of benzene rings is 1. The van der Waals surface area contributed by atoms with Crippen LogP contribution in [0.15, 0.2) is 24.3 Å². The molecule has 0 spiro atoms. The summed E-state index contributed by atoms with van der Waals surface area (Å²) >= 11 is 0. The summed E-state index contributed by atoms with van der Waals surface area (Å²) in [5.74, 6) is 1.63. The minimum atomic E-state index is -2.94. The van der Waals surface area contributed by atoms with Gasteiger partial charge in [0.1, 0.15) is 5.82 Å². The zero-order valence-electron chi connectivity index (χ0n) is 14.6. The van der Waals surface area contributed by atoms with Gasteiger partial charge in [0.05, 0.1) is 17.5 Å². The van der Waals surface area contributed by atoms with E-state index in [0.717, 1.165) is 24.2 Å². The average molecular weight is 374 g/mol. The van der Waals surface area contributed by atoms with Crippen LogP contribution in [0.5, 0.6) is 0 Å². The topological polar surface area (TPSA) is 114 Å². The summed E-state index contributed by atoms with van der Waals surface area (Å²) in [6.45, 7) is 3.78. The molecule has 1 aromatic carbocycles. The quantitative estimate of drug-likeness (QED) is 0.818. The Morgan fingerprint density at radius 3 is 2.88 bits per heavy atom. The lowest BCUT2D eigenvalue weighted by Gasteiger charge is -2.16. The minimum absolute atomic E-state index is 0.150. The third-order valence-electron chi connectivity index (χ3n) is 5.03. The van der Waals surface area contributed by atoms with Crippen molar-refractivity contribution < 1.29 is 8.42 Å². The average Bonchev–Trinajstić information content (AvgIpc) is 3.07. The summed E-state index contributed by atoms with van der Waals surface area (Å²) < 4.78 is 24.2. The van der Waals surface area contributed by atoms with Crippen molar-refractivity contribution >= 4 is 27.4 Å². The Balaban J connectivity index is 1.49. The van der Waals surface area contributed by atoms with Gasteiger partial charge < -0.3 is 11.1 Å². The summed E-state index contributed by atoms with van der Waals surface area (Å²) in [5, 5.41) is 2.90. The number of nitrogens with zero attached hydrogens (tertiary/aromatic N) is 4. The van der Waals surface area contributed by atoms with Gasteiger partial charge in [0.15, 0.2) is 9.84 Å². The first-order valence-electron chi connectivity index (χ1n) is 8.67. The van der Waals surface area contributed by atoms with Gasteiger partial charge in [-0.2, -0.15) is 15.0 Å². The van der Waals surface area contributed by atoms with Crippen LogP contribution in [0.2, 0.25) is 0 Å². The van der Waals surface area contributed by atoms with Gasteiger partial charge in [-0.25, -0.2) is 8.42 Å². The lowest BCUT2D eigenvalue weighted by Crippen LogP contribution is -2.27. The highest BCUT2D eigenvalue weighted by Crippen LogP contribution is 2.34. The fraction of sp³-hybridized carbons (Fsp3) is 0.471. The number of anilines is 3. The summed E-state index contributed by atoms with van der Waals surface area (Å²) in [7, 11) is -2.94. The Labute approximate surface area is 152 Å². The highest BCUT2D eigenvalue weighted by molar-refractivity contribution is 7.92. The second-order valence-electron chi connectivity index (χ2n) is 7.08. The highest BCUT2D eigenvalue weighted by atomic mass is 32.2. The molecule has 4 rings (SSSR count). The molecule has 2 fully saturated rings. The number of hydrogen-bond donors (Lipinski definition) is 2. The Morgan fingerprint density at radius 2 is 2.12 bits per heavy atom. The number of likely N-dealkylation sites (tertiary alicyclic amines) is 1. The maximum Gasteiger partial charge on any atom is 0.232 e. The molecule has 0 aliphatic carbocycles. The Bertz CT molecular complexity index is 933. The molecule has 2 aliphatic rings. The van der Waals surface area contributed by atoms with Gasteiger partial charge in [-0.1, -0.05) is 12.1 Å². The normalized spacial score (nSPS) is 24.5. The van der Waals surface area contributed by atoms with E-state index in [9.17, 15) is 8.42 Å². The van der Waals surface area contributed by atoms with Crippen LogP contribution < -0.4 is 11.1 Å². The molecule has 1 aromatic heterocycles. The molecule has 9 heteroatoms. The number of nitrogens with two attached hydrogens (primary N) is 1. The van der Waals surface area contributed by atoms with Gasteiger partial charge in [0.25, 0.3) is 0 Å². The largest absolute Gasteiger partial charge is 0.368 e. The number of sulfone groups is 1. The van der Waals surface area contributed by atoms with E-state index < -0.39 is 9.84 Å². The van der Waals surface area contributed by atoms with Gasteiger partial charge in [0.2, 0.25) is 11.9 Å². The fourth-order valence-electron chi connectivity index (χ4n) is 3.82. The minimum Gasteiger partial charge on any atom is -0.368 e. The molecule has 0 saturated carbocycles. The van der Waals surface area contributed by atoms with Crippen LogP contribution >= 0.6 is 0 Å². The molecule has 26 heavy (non-hydrogen) atoms. The van der Waals surface area contributed by atoms with Crippen LogP contribution in [0.25, 0.3) is 0 Å². The second kappa shape index (κ2) is 6.48. The van der Waals surface area contributed by atoms with Crippen LogP contribution in [0.1, 0.15) is 17.8 Å². The van der Waals surface area contributed by atoms with E-state index in [0.29, 0.717) is 30.6 Å². The molecule has 2 aromatic rings. The monoisotopic (exact) mass is 374 g/mol. The zero-order chi connectivity index (χ0) is 18.3. The van der Waals surface area contributed by atoms with E-state index >= 15 is 0 Å². The molecule has 2 saturated heterocycles. The smallest absolute Gasteiger partial charge is 0.232 e. The van der Waals surface area contributed by atoms with E-state index in [1.54, 1.807) is 0 Å². The van der Waals surface area contributed by atoms with Crippen LogP contribution in [0.4, 0.5) is 17.6 Å². The first kappa shape index (κ1) is 17.2. The number of aromatic nitrogens is 3. The number of hydrogen-bond acceptors (Lipinski definition) is 8. The zero-order valence-corrected chi connectivity index (χ0v) is 15.4. The highest BCUT2D eigenvalue weighted by Gasteiger charge is 2.46. The maximum absolute atomic E-state index is 12.1. The van der Waals surface area contributed by atoms with Crippen LogP contribution in [0, 0.1) is 12.8 Å². The van der Waals surface area contributed by atoms with Gasteiger partial charge in [-0.15, -0.1) is 0 Å². The third kappa shape index (κ3) is 3.49. The first-order valence-corrected chi connectivity index (χ1v) is 10.4. The van der Waals surface area contributed by atoms with Gasteiger partial charge in [-0.05, 0) is 37.0 Å². The van der Waals surface area contributed by atoms with Crippen molar-refractivity contribution in [1.29, 1.82) is 0 Å². The summed E-state index contributed by atoms with van der Waals surface area (Å²) in [6.07, 6.45) is 0.753. The standard InChI is InChI=1S/C17H22N6O2S/c1-11-3-2-4-13(7-11)19-17-21-15(20-16(18)22-17)10-23-8-12-5-6-26(24,25)14(12)9-23/h2-4,7,12,14H,5-6,8-10H2,1H3,(H3,18,19,20,21,22)/t12-,14+/m0/s1. The Kier molecular flexibility index (Phi) is 4.28. The third-order valence-corrected chi connectivity index (χ3v) is 7.29. The number of nitrogen functional groups attached to an aromatic ring is 1. The van der Waals surface area contributed by atoms with Crippen LogP contribution in [-0.4, -0.2) is 52.4 Å². The molecular weight excluding hydrogens is 352 g/mol. The molecule has 3 N–H and O–H groups in total. The Morgan fingerprint density at radius 1 is 1.27 bits per heavy atom. The molecule has 0 radical (unpaired) electrons. The maximum atomic E-state index is 12.1. The predicted octanol–water partition coefficient (Wildman–Crippen LogP) is 1.12. The molecular formula is C17H22N6O2S. The second-order valence-corrected chi connectivity index (χ2v) is 9.42. The SMILES string of the molecule is Cc1cccc(Nc2nc(N)nc(CN3C[C@@H]4CCS(=O)(=O)[C@@H]4C3)n2)c1. The molecule has 0 unspecified atom stereocenters. The molecule has 3 heterocycles. The number of fused-ring (bicyclic) bond motifs is 1. The van der Waals surface area contributed by atoms with Gasteiger partial charge in [-0.3, -0.25) is 4.90 Å². The molecule has 2 atom stereocenters. The van der Waals surface area contributed by atoms with Crippen molar-refractivity contribution in [1.82, 2.24) is 19.9 Å². The number of aryl methyl sites for hydroxylation is 1. The molecule has 138 valence electrons. The molecule has 0 bridgehead atoms. The van der Waals surface area contributed by atoms with Crippen LogP contribution in [-0.2, 0) is 16.4 Å². The molecule has 8 nitrogen and oxygen atoms in total. The van der Waals surface area contributed by atoms with Crippen molar-refractivity contribution in [2.45, 2.75) is 25.1 Å². The summed E-state index contributed by atoms with van der Waals surface area (Å²) in [5.41, 5.74) is 7.84. The lowest BCUT2D eigenvalue weighted by atomic mass is 10.1. The van der Waals surface area contributed by atoms with E-state index in [1.807, 2.05) is 31.2 Å². The Hall–Kier alpha value is -2.26. The first-order chi connectivity index (χ1) is 12.4. The lowest BCUT2D eigenvalue weighted by molar-refractivity contribution is 0.306. The molecule has 0 amide bonds. The van der Waals surface area contributed by atoms with Gasteiger partial charge in [0, 0.05) is 18.8 Å². The van der Waals surface area contributed by atoms with Gasteiger partial charge >= 0.3 is 0 Å². The van der Waals surface area contributed by atoms with Crippen molar-refractivity contribution in [2.24, 2.45) is 5.92 Å². The number of rotatable bonds is 4.